The molecule has 2 saturated heterocycles. The summed E-state index contributed by atoms with van der Waals surface area (Å²) >= 11 is 0. The summed E-state index contributed by atoms with van der Waals surface area (Å²) in [6, 6.07) is 0. The van der Waals surface area contributed by atoms with Crippen molar-refractivity contribution in [2.75, 3.05) is 32.7 Å². The molecule has 2 aliphatic heterocycles. The minimum Gasteiger partial charge on any atom is -0.387 e. The summed E-state index contributed by atoms with van der Waals surface area (Å²) in [6.45, 7) is 3.88. The van der Waals surface area contributed by atoms with Crippen LogP contribution in [0.3, 0.4) is 0 Å². The Balaban J connectivity index is 1.52. The summed E-state index contributed by atoms with van der Waals surface area (Å²) in [4.78, 5) is 20.3. The second-order valence-corrected chi connectivity index (χ2v) is 7.25. The van der Waals surface area contributed by atoms with Gasteiger partial charge in [0.15, 0.2) is 0 Å². The Labute approximate surface area is 146 Å². The standard InChI is InChI=1S/C17H26F2N4O2/c1-2-14-20-6-10-22(14)11-15(24)23-9-3-16(25,13-23)12-21-7-4-17(18,19)5-8-21/h6,10,25H,2-5,7-9,11-13H2,1H3/t16-/m1/s1. The molecule has 1 aromatic rings. The van der Waals surface area contributed by atoms with Crippen molar-refractivity contribution in [3.8, 4) is 0 Å². The number of alkyl halides is 2. The number of aryl methyl sites for hydroxylation is 1. The highest BCUT2D eigenvalue weighted by Crippen LogP contribution is 2.30. The maximum Gasteiger partial charge on any atom is 0.250 e. The van der Waals surface area contributed by atoms with Crippen LogP contribution in [-0.2, 0) is 17.8 Å². The summed E-state index contributed by atoms with van der Waals surface area (Å²) in [5.41, 5.74) is -1.01. The Kier molecular flexibility index (Phi) is 5.11. The van der Waals surface area contributed by atoms with Gasteiger partial charge in [0, 0.05) is 57.8 Å². The van der Waals surface area contributed by atoms with E-state index in [0.29, 0.717) is 19.5 Å². The van der Waals surface area contributed by atoms with Gasteiger partial charge in [0.05, 0.1) is 12.1 Å². The number of nitrogens with zero attached hydrogens (tertiary/aromatic N) is 4. The van der Waals surface area contributed by atoms with Gasteiger partial charge in [-0.2, -0.15) is 0 Å². The van der Waals surface area contributed by atoms with E-state index in [4.69, 9.17) is 0 Å². The maximum absolute atomic E-state index is 13.2. The average molecular weight is 356 g/mol. The van der Waals surface area contributed by atoms with Gasteiger partial charge in [-0.1, -0.05) is 6.92 Å². The molecule has 0 saturated carbocycles. The van der Waals surface area contributed by atoms with Crippen molar-refractivity contribution in [2.24, 2.45) is 0 Å². The number of aromatic nitrogens is 2. The van der Waals surface area contributed by atoms with Crippen molar-refractivity contribution >= 4 is 5.91 Å². The van der Waals surface area contributed by atoms with Gasteiger partial charge < -0.3 is 14.6 Å². The molecule has 140 valence electrons. The first kappa shape index (κ1) is 18.3. The van der Waals surface area contributed by atoms with Gasteiger partial charge in [0.25, 0.3) is 5.92 Å². The molecule has 25 heavy (non-hydrogen) atoms. The number of hydrogen-bond donors (Lipinski definition) is 1. The predicted octanol–water partition coefficient (Wildman–Crippen LogP) is 1.14. The summed E-state index contributed by atoms with van der Waals surface area (Å²) in [6.07, 6.45) is 4.38. The van der Waals surface area contributed by atoms with Crippen molar-refractivity contribution in [1.29, 1.82) is 0 Å². The number of carbonyl (C=O) groups is 1. The highest BCUT2D eigenvalue weighted by molar-refractivity contribution is 5.76. The van der Waals surface area contributed by atoms with Crippen molar-refractivity contribution in [1.82, 2.24) is 19.4 Å². The van der Waals surface area contributed by atoms with Gasteiger partial charge in [-0.25, -0.2) is 13.8 Å². The summed E-state index contributed by atoms with van der Waals surface area (Å²) in [5, 5.41) is 10.8. The van der Waals surface area contributed by atoms with Crippen LogP contribution in [0.1, 0.15) is 32.0 Å². The highest BCUT2D eigenvalue weighted by Gasteiger charge is 2.42. The Morgan fingerprint density at radius 1 is 1.28 bits per heavy atom. The van der Waals surface area contributed by atoms with E-state index in [1.165, 1.54) is 0 Å². The molecule has 1 amide bonds. The smallest absolute Gasteiger partial charge is 0.250 e. The van der Waals surface area contributed by atoms with Gasteiger partial charge in [0.2, 0.25) is 5.91 Å². The van der Waals surface area contributed by atoms with Crippen molar-refractivity contribution in [2.45, 2.75) is 50.7 Å². The molecular formula is C17H26F2N4O2. The lowest BCUT2D eigenvalue weighted by atomic mass is 10.00. The maximum atomic E-state index is 13.2. The molecular weight excluding hydrogens is 330 g/mol. The number of aliphatic hydroxyl groups is 1. The van der Waals surface area contributed by atoms with Crippen LogP contribution in [0.2, 0.25) is 0 Å². The van der Waals surface area contributed by atoms with Crippen LogP contribution in [0.4, 0.5) is 8.78 Å². The molecule has 2 aliphatic rings. The zero-order valence-corrected chi connectivity index (χ0v) is 14.6. The van der Waals surface area contributed by atoms with E-state index in [2.05, 4.69) is 4.98 Å². The third-order valence-corrected chi connectivity index (χ3v) is 5.21. The topological polar surface area (TPSA) is 61.6 Å². The molecule has 0 bridgehead atoms. The SMILES string of the molecule is CCc1nccn1CC(=O)N1CC[C@@](O)(CN2CCC(F)(F)CC2)C1. The number of rotatable bonds is 5. The normalized spacial score (nSPS) is 27.0. The molecule has 1 aromatic heterocycles. The van der Waals surface area contributed by atoms with Crippen molar-refractivity contribution in [3.63, 3.8) is 0 Å². The van der Waals surface area contributed by atoms with Gasteiger partial charge >= 0.3 is 0 Å². The second kappa shape index (κ2) is 6.99. The van der Waals surface area contributed by atoms with E-state index >= 15 is 0 Å². The lowest BCUT2D eigenvalue weighted by Gasteiger charge is -2.36. The number of amides is 1. The molecule has 0 unspecified atom stereocenters. The van der Waals surface area contributed by atoms with Crippen LogP contribution in [0, 0.1) is 0 Å². The van der Waals surface area contributed by atoms with Gasteiger partial charge in [-0.3, -0.25) is 9.69 Å². The fraction of sp³-hybridized carbons (Fsp3) is 0.765. The number of β-amino-alcohol motifs (C(OH)–C–C–N with tert-alkyl or cyclic N) is 1. The van der Waals surface area contributed by atoms with E-state index in [-0.39, 0.29) is 44.9 Å². The minimum absolute atomic E-state index is 0.0474. The summed E-state index contributed by atoms with van der Waals surface area (Å²) < 4.78 is 28.3. The third-order valence-electron chi connectivity index (χ3n) is 5.21. The Hall–Kier alpha value is -1.54. The molecule has 0 radical (unpaired) electrons. The number of likely N-dealkylation sites (tertiary alicyclic amines) is 2. The molecule has 6 nitrogen and oxygen atoms in total. The predicted molar refractivity (Wildman–Crippen MR) is 88.4 cm³/mol. The molecule has 0 aromatic carbocycles. The molecule has 3 heterocycles. The van der Waals surface area contributed by atoms with Crippen LogP contribution in [0.25, 0.3) is 0 Å². The molecule has 3 rings (SSSR count). The largest absolute Gasteiger partial charge is 0.387 e. The Morgan fingerprint density at radius 3 is 2.68 bits per heavy atom. The summed E-state index contributed by atoms with van der Waals surface area (Å²) in [7, 11) is 0. The molecule has 2 fully saturated rings. The molecule has 0 spiro atoms. The van der Waals surface area contributed by atoms with Gasteiger partial charge in [-0.15, -0.1) is 0 Å². The minimum atomic E-state index is -2.58. The van der Waals surface area contributed by atoms with Crippen LogP contribution in [0.5, 0.6) is 0 Å². The van der Waals surface area contributed by atoms with Crippen molar-refractivity contribution in [3.05, 3.63) is 18.2 Å². The first-order valence-electron chi connectivity index (χ1n) is 8.91. The Bertz CT molecular complexity index is 612. The number of piperidine rings is 1. The van der Waals surface area contributed by atoms with E-state index in [9.17, 15) is 18.7 Å². The average Bonchev–Trinajstić information content (AvgIpc) is 3.16. The quantitative estimate of drug-likeness (QED) is 0.860. The lowest BCUT2D eigenvalue weighted by Crippen LogP contribution is -2.49. The second-order valence-electron chi connectivity index (χ2n) is 7.25. The van der Waals surface area contributed by atoms with E-state index in [1.54, 1.807) is 17.3 Å². The van der Waals surface area contributed by atoms with E-state index in [0.717, 1.165) is 12.2 Å². The lowest BCUT2D eigenvalue weighted by molar-refractivity contribution is -0.132. The van der Waals surface area contributed by atoms with Crippen LogP contribution < -0.4 is 0 Å². The zero-order chi connectivity index (χ0) is 18.1. The van der Waals surface area contributed by atoms with Crippen molar-refractivity contribution < 1.29 is 18.7 Å². The van der Waals surface area contributed by atoms with Crippen LogP contribution in [0.15, 0.2) is 12.4 Å². The number of imidazole rings is 1. The van der Waals surface area contributed by atoms with Crippen LogP contribution in [-0.4, -0.2) is 74.6 Å². The Morgan fingerprint density at radius 2 is 2.00 bits per heavy atom. The fourth-order valence-electron chi connectivity index (χ4n) is 3.70. The number of hydrogen-bond acceptors (Lipinski definition) is 4. The van der Waals surface area contributed by atoms with Crippen LogP contribution >= 0.6 is 0 Å². The van der Waals surface area contributed by atoms with E-state index in [1.807, 2.05) is 16.4 Å². The molecule has 1 N–H and O–H groups in total. The zero-order valence-electron chi connectivity index (χ0n) is 14.6. The van der Waals surface area contributed by atoms with Gasteiger partial charge in [-0.05, 0) is 6.42 Å². The number of halogens is 2. The monoisotopic (exact) mass is 356 g/mol. The molecule has 1 atom stereocenters. The van der Waals surface area contributed by atoms with E-state index < -0.39 is 11.5 Å². The first-order valence-corrected chi connectivity index (χ1v) is 8.91. The molecule has 0 aliphatic carbocycles. The third kappa shape index (κ3) is 4.36. The highest BCUT2D eigenvalue weighted by atomic mass is 19.3. The fourth-order valence-corrected chi connectivity index (χ4v) is 3.70. The number of carbonyl (C=O) groups excluding carboxylic acids is 1. The molecule has 8 heteroatoms. The first-order chi connectivity index (χ1) is 11.8. The summed E-state index contributed by atoms with van der Waals surface area (Å²) in [5.74, 6) is -1.77. The van der Waals surface area contributed by atoms with Gasteiger partial charge in [0.1, 0.15) is 12.4 Å².